The van der Waals surface area contributed by atoms with E-state index in [1.165, 1.54) is 5.56 Å². The fourth-order valence-corrected chi connectivity index (χ4v) is 6.37. The summed E-state index contributed by atoms with van der Waals surface area (Å²) in [7, 11) is -2.17. The monoisotopic (exact) mass is 222 g/mol. The third-order valence-corrected chi connectivity index (χ3v) is 21.3. The van der Waals surface area contributed by atoms with Crippen LogP contribution in [0.5, 0.6) is 0 Å². The lowest BCUT2D eigenvalue weighted by molar-refractivity contribution is 1.48. The van der Waals surface area contributed by atoms with Gasteiger partial charge in [0.05, 0.1) is 7.59 Å². The van der Waals surface area contributed by atoms with Crippen LogP contribution in [0.2, 0.25) is 32.7 Å². The zero-order valence-corrected chi connectivity index (χ0v) is 12.3. The van der Waals surface area contributed by atoms with E-state index in [1.54, 1.807) is 5.19 Å². The van der Waals surface area contributed by atoms with Crippen molar-refractivity contribution in [2.45, 2.75) is 39.7 Å². The number of benzene rings is 1. The largest absolute Gasteiger partial charge is 0.0736 e. The summed E-state index contributed by atoms with van der Waals surface area (Å²) in [5.41, 5.74) is 1.37. The Morgan fingerprint density at radius 2 is 1.21 bits per heavy atom. The molecule has 1 aromatic rings. The molecule has 1 aromatic carbocycles. The highest BCUT2D eigenvalue weighted by atomic mass is 29.3. The minimum absolute atomic E-state index is 1.00. The number of aryl methyl sites for hydroxylation is 1. The second-order valence-corrected chi connectivity index (χ2v) is 22.3. The van der Waals surface area contributed by atoms with E-state index in [0.717, 1.165) is 0 Å². The molecule has 0 fully saturated rings. The molecule has 0 saturated carbocycles. The van der Waals surface area contributed by atoms with Gasteiger partial charge in [-0.05, 0) is 6.92 Å². The van der Waals surface area contributed by atoms with Crippen molar-refractivity contribution in [2.75, 3.05) is 0 Å². The molecule has 0 aliphatic rings. The molecule has 78 valence electrons. The highest BCUT2D eigenvalue weighted by molar-refractivity contribution is 7.45. The van der Waals surface area contributed by atoms with E-state index in [9.17, 15) is 0 Å². The van der Waals surface area contributed by atoms with Gasteiger partial charge in [-0.1, -0.05) is 67.8 Å². The molecule has 0 nitrogen and oxygen atoms in total. The Morgan fingerprint density at radius 1 is 0.786 bits per heavy atom. The molecule has 0 atom stereocenters. The first-order chi connectivity index (χ1) is 6.25. The number of hydrogen-bond donors (Lipinski definition) is 0. The fourth-order valence-electron chi connectivity index (χ4n) is 1.40. The molecule has 14 heavy (non-hydrogen) atoms. The van der Waals surface area contributed by atoms with E-state index in [1.807, 2.05) is 0 Å². The summed E-state index contributed by atoms with van der Waals surface area (Å²) >= 11 is 0. The standard InChI is InChI=1S/C12H22Si2/c1-11-7-9-12(10-8-11)14(5,6)13(2,3)4/h7-10H,1-6H3. The normalized spacial score (nSPS) is 13.0. The van der Waals surface area contributed by atoms with Gasteiger partial charge in [-0.15, -0.1) is 0 Å². The maximum atomic E-state index is 2.52. The second kappa shape index (κ2) is 3.67. The van der Waals surface area contributed by atoms with Crippen molar-refractivity contribution in [2.24, 2.45) is 0 Å². The van der Waals surface area contributed by atoms with E-state index in [4.69, 9.17) is 0 Å². The Labute approximate surface area is 90.2 Å². The van der Waals surface area contributed by atoms with Crippen LogP contribution >= 0.6 is 0 Å². The minimum atomic E-state index is -1.17. The lowest BCUT2D eigenvalue weighted by atomic mass is 10.2. The summed E-state index contributed by atoms with van der Waals surface area (Å²) < 4.78 is 0. The van der Waals surface area contributed by atoms with Crippen LogP contribution in [-0.4, -0.2) is 15.2 Å². The van der Waals surface area contributed by atoms with Crippen LogP contribution in [0, 0.1) is 6.92 Å². The molecular weight excluding hydrogens is 200 g/mol. The van der Waals surface area contributed by atoms with Crippen LogP contribution in [0.25, 0.3) is 0 Å². The van der Waals surface area contributed by atoms with E-state index < -0.39 is 15.2 Å². The first kappa shape index (κ1) is 11.7. The molecule has 0 amide bonds. The van der Waals surface area contributed by atoms with Crippen molar-refractivity contribution >= 4 is 20.4 Å². The summed E-state index contributed by atoms with van der Waals surface area (Å²) in [5, 5.41) is 1.63. The topological polar surface area (TPSA) is 0 Å². The fraction of sp³-hybridized carbons (Fsp3) is 0.500. The highest BCUT2D eigenvalue weighted by Gasteiger charge is 2.37. The molecule has 2 heteroatoms. The van der Waals surface area contributed by atoms with Crippen molar-refractivity contribution in [3.8, 4) is 0 Å². The van der Waals surface area contributed by atoms with E-state index in [2.05, 4.69) is 63.9 Å². The Kier molecular flexibility index (Phi) is 3.07. The average molecular weight is 222 g/mol. The predicted octanol–water partition coefficient (Wildman–Crippen LogP) is 3.33. The van der Waals surface area contributed by atoms with Gasteiger partial charge in [0.25, 0.3) is 0 Å². The highest BCUT2D eigenvalue weighted by Crippen LogP contribution is 2.18. The van der Waals surface area contributed by atoms with Crippen molar-refractivity contribution in [3.05, 3.63) is 29.8 Å². The van der Waals surface area contributed by atoms with E-state index in [0.29, 0.717) is 0 Å². The van der Waals surface area contributed by atoms with Gasteiger partial charge in [-0.25, -0.2) is 0 Å². The maximum absolute atomic E-state index is 2.52. The lowest BCUT2D eigenvalue weighted by Crippen LogP contribution is -2.61. The van der Waals surface area contributed by atoms with Crippen LogP contribution in [0.1, 0.15) is 5.56 Å². The molecule has 0 saturated heterocycles. The minimum Gasteiger partial charge on any atom is -0.0712 e. The number of hydrogen-bond acceptors (Lipinski definition) is 0. The van der Waals surface area contributed by atoms with Crippen molar-refractivity contribution < 1.29 is 0 Å². The Hall–Kier alpha value is -0.346. The molecular formula is C12H22Si2. The van der Waals surface area contributed by atoms with Gasteiger partial charge in [0.2, 0.25) is 0 Å². The van der Waals surface area contributed by atoms with Crippen molar-refractivity contribution in [1.29, 1.82) is 0 Å². The quantitative estimate of drug-likeness (QED) is 0.674. The smallest absolute Gasteiger partial charge is 0.0712 e. The molecule has 0 radical (unpaired) electrons. The van der Waals surface area contributed by atoms with Gasteiger partial charge in [0, 0.05) is 7.59 Å². The van der Waals surface area contributed by atoms with Crippen molar-refractivity contribution in [3.63, 3.8) is 0 Å². The third-order valence-electron chi connectivity index (χ3n) is 3.65. The molecule has 0 aliphatic heterocycles. The molecule has 0 unspecified atom stereocenters. The van der Waals surface area contributed by atoms with Gasteiger partial charge in [-0.3, -0.25) is 0 Å². The lowest BCUT2D eigenvalue weighted by Gasteiger charge is -2.35. The zero-order chi connectivity index (χ0) is 11.0. The number of rotatable bonds is 2. The molecule has 0 N–H and O–H groups in total. The van der Waals surface area contributed by atoms with Gasteiger partial charge in [0.1, 0.15) is 0 Å². The molecule has 0 aromatic heterocycles. The van der Waals surface area contributed by atoms with Crippen LogP contribution in [0.4, 0.5) is 0 Å². The van der Waals surface area contributed by atoms with E-state index in [-0.39, 0.29) is 0 Å². The Bertz CT molecular complexity index is 304. The second-order valence-electron chi connectivity index (χ2n) is 5.74. The molecule has 0 bridgehead atoms. The molecule has 0 spiro atoms. The van der Waals surface area contributed by atoms with Gasteiger partial charge in [0.15, 0.2) is 0 Å². The Balaban J connectivity index is 3.10. The maximum Gasteiger partial charge on any atom is 0.0736 e. The van der Waals surface area contributed by atoms with Gasteiger partial charge >= 0.3 is 0 Å². The van der Waals surface area contributed by atoms with Gasteiger partial charge in [-0.2, -0.15) is 0 Å². The summed E-state index contributed by atoms with van der Waals surface area (Å²) in [6.07, 6.45) is 0. The molecule has 1 rings (SSSR count). The van der Waals surface area contributed by atoms with E-state index >= 15 is 0 Å². The van der Waals surface area contributed by atoms with Crippen LogP contribution in [0.15, 0.2) is 24.3 Å². The first-order valence-electron chi connectivity index (χ1n) is 5.32. The molecule has 0 heterocycles. The summed E-state index contributed by atoms with van der Waals surface area (Å²) in [5.74, 6) is 0. The summed E-state index contributed by atoms with van der Waals surface area (Å²) in [6, 6.07) is 9.20. The zero-order valence-electron chi connectivity index (χ0n) is 10.3. The average Bonchev–Trinajstić information content (AvgIpc) is 2.03. The third kappa shape index (κ3) is 2.18. The predicted molar refractivity (Wildman–Crippen MR) is 71.6 cm³/mol. The van der Waals surface area contributed by atoms with Crippen LogP contribution < -0.4 is 5.19 Å². The first-order valence-corrected chi connectivity index (χ1v) is 12.8. The Morgan fingerprint density at radius 3 is 1.57 bits per heavy atom. The van der Waals surface area contributed by atoms with Gasteiger partial charge < -0.3 is 0 Å². The summed E-state index contributed by atoms with van der Waals surface area (Å²) in [6.45, 7) is 14.7. The molecule has 0 aliphatic carbocycles. The van der Waals surface area contributed by atoms with Crippen LogP contribution in [-0.2, 0) is 0 Å². The summed E-state index contributed by atoms with van der Waals surface area (Å²) in [4.78, 5) is 0. The van der Waals surface area contributed by atoms with Crippen molar-refractivity contribution in [1.82, 2.24) is 0 Å². The SMILES string of the molecule is Cc1ccc([Si](C)(C)[Si](C)(C)C)cc1. The van der Waals surface area contributed by atoms with Crippen LogP contribution in [0.3, 0.4) is 0 Å².